The second-order valence-corrected chi connectivity index (χ2v) is 5.83. The minimum Gasteiger partial charge on any atom is -0.345 e. The smallest absolute Gasteiger partial charge is 0.241 e. The molecule has 0 saturated heterocycles. The van der Waals surface area contributed by atoms with Crippen LogP contribution in [0.3, 0.4) is 0 Å². The zero-order chi connectivity index (χ0) is 13.3. The highest BCUT2D eigenvalue weighted by Crippen LogP contribution is 2.29. The summed E-state index contributed by atoms with van der Waals surface area (Å²) in [5, 5.41) is 1.14. The van der Waals surface area contributed by atoms with E-state index in [0.29, 0.717) is 6.54 Å². The molecule has 1 aromatic carbocycles. The van der Waals surface area contributed by atoms with Crippen LogP contribution in [0.15, 0.2) is 34.9 Å². The molecule has 0 bridgehead atoms. The summed E-state index contributed by atoms with van der Waals surface area (Å²) in [6, 6.07) is 8.07. The minimum atomic E-state index is -0.560. The van der Waals surface area contributed by atoms with Gasteiger partial charge in [-0.15, -0.1) is 0 Å². The van der Waals surface area contributed by atoms with Gasteiger partial charge in [0.2, 0.25) is 5.91 Å². The molecule has 0 spiro atoms. The molecule has 0 aliphatic rings. The van der Waals surface area contributed by atoms with E-state index in [1.807, 2.05) is 44.3 Å². The van der Waals surface area contributed by atoms with Crippen molar-refractivity contribution in [3.63, 3.8) is 0 Å². The Morgan fingerprint density at radius 2 is 2.11 bits per heavy atom. The quantitative estimate of drug-likeness (QED) is 0.519. The molecule has 2 aromatic rings. The van der Waals surface area contributed by atoms with Crippen molar-refractivity contribution in [2.24, 2.45) is 11.3 Å². The van der Waals surface area contributed by atoms with Crippen molar-refractivity contribution in [3.8, 4) is 0 Å². The van der Waals surface area contributed by atoms with Gasteiger partial charge in [0.25, 0.3) is 0 Å². The van der Waals surface area contributed by atoms with Gasteiger partial charge in [0.1, 0.15) is 0 Å². The van der Waals surface area contributed by atoms with Gasteiger partial charge in [0, 0.05) is 28.1 Å². The van der Waals surface area contributed by atoms with Gasteiger partial charge in [-0.1, -0.05) is 18.2 Å². The molecule has 0 unspecified atom stereocenters. The van der Waals surface area contributed by atoms with Crippen LogP contribution >= 0.6 is 15.9 Å². The van der Waals surface area contributed by atoms with Crippen LogP contribution in [-0.4, -0.2) is 10.5 Å². The van der Waals surface area contributed by atoms with Gasteiger partial charge >= 0.3 is 0 Å². The molecule has 3 N–H and O–H groups in total. The molecule has 1 heterocycles. The summed E-state index contributed by atoms with van der Waals surface area (Å²) in [6.07, 6.45) is 2.00. The number of para-hydroxylation sites is 1. The standard InChI is InChI=1S/C13H16BrN3O/c1-13(2,12(18)16-15)8-17-7-10(14)9-5-3-4-6-11(9)17/h3-7H,8,15H2,1-2H3,(H,16,18). The number of amides is 1. The number of carbonyl (C=O) groups is 1. The summed E-state index contributed by atoms with van der Waals surface area (Å²) in [5.74, 6) is 5.04. The van der Waals surface area contributed by atoms with Crippen molar-refractivity contribution in [2.75, 3.05) is 0 Å². The summed E-state index contributed by atoms with van der Waals surface area (Å²) in [6.45, 7) is 4.32. The van der Waals surface area contributed by atoms with Crippen molar-refractivity contribution in [1.29, 1.82) is 0 Å². The van der Waals surface area contributed by atoms with Crippen LogP contribution < -0.4 is 11.3 Å². The van der Waals surface area contributed by atoms with Gasteiger partial charge in [-0.25, -0.2) is 5.84 Å². The second-order valence-electron chi connectivity index (χ2n) is 4.98. The number of nitrogens with one attached hydrogen (secondary N) is 1. The summed E-state index contributed by atoms with van der Waals surface area (Å²) < 4.78 is 3.09. The van der Waals surface area contributed by atoms with E-state index in [1.165, 1.54) is 0 Å². The molecule has 1 amide bonds. The zero-order valence-electron chi connectivity index (χ0n) is 10.4. The average Bonchev–Trinajstić information content (AvgIpc) is 2.65. The van der Waals surface area contributed by atoms with Crippen molar-refractivity contribution in [2.45, 2.75) is 20.4 Å². The first-order valence-electron chi connectivity index (χ1n) is 5.70. The molecule has 0 saturated carbocycles. The first-order chi connectivity index (χ1) is 8.45. The van der Waals surface area contributed by atoms with Crippen molar-refractivity contribution in [3.05, 3.63) is 34.9 Å². The van der Waals surface area contributed by atoms with Gasteiger partial charge in [-0.3, -0.25) is 10.2 Å². The fourth-order valence-electron chi connectivity index (χ4n) is 2.03. The number of nitrogens with zero attached hydrogens (tertiary/aromatic N) is 1. The molecule has 5 heteroatoms. The van der Waals surface area contributed by atoms with Crippen LogP contribution in [0.4, 0.5) is 0 Å². The Labute approximate surface area is 114 Å². The molecule has 4 nitrogen and oxygen atoms in total. The van der Waals surface area contributed by atoms with E-state index in [0.717, 1.165) is 15.4 Å². The number of benzene rings is 1. The van der Waals surface area contributed by atoms with Crippen LogP contribution in [0.2, 0.25) is 0 Å². The molecule has 2 rings (SSSR count). The predicted octanol–water partition coefficient (Wildman–Crippen LogP) is 2.42. The predicted molar refractivity (Wildman–Crippen MR) is 75.7 cm³/mol. The van der Waals surface area contributed by atoms with Gasteiger partial charge in [0.05, 0.1) is 5.41 Å². The number of fused-ring (bicyclic) bond motifs is 1. The van der Waals surface area contributed by atoms with E-state index in [4.69, 9.17) is 5.84 Å². The number of rotatable bonds is 3. The van der Waals surface area contributed by atoms with E-state index < -0.39 is 5.41 Å². The fourth-order valence-corrected chi connectivity index (χ4v) is 2.61. The van der Waals surface area contributed by atoms with Crippen molar-refractivity contribution >= 4 is 32.7 Å². The fraction of sp³-hybridized carbons (Fsp3) is 0.308. The Balaban J connectivity index is 2.41. The number of hydrazine groups is 1. The van der Waals surface area contributed by atoms with Crippen LogP contribution in [0.1, 0.15) is 13.8 Å². The third kappa shape index (κ3) is 2.28. The molecule has 0 aliphatic heterocycles. The van der Waals surface area contributed by atoms with E-state index in [2.05, 4.69) is 25.9 Å². The number of nitrogens with two attached hydrogens (primary N) is 1. The number of hydrogen-bond donors (Lipinski definition) is 2. The second kappa shape index (κ2) is 4.74. The molecular formula is C13H16BrN3O. The SMILES string of the molecule is CC(C)(Cn1cc(Br)c2ccccc21)C(=O)NN. The molecule has 0 radical (unpaired) electrons. The van der Waals surface area contributed by atoms with Gasteiger partial charge in [-0.05, 0) is 35.8 Å². The lowest BCUT2D eigenvalue weighted by Gasteiger charge is -2.23. The summed E-state index contributed by atoms with van der Waals surface area (Å²) in [4.78, 5) is 11.7. The number of carbonyl (C=O) groups excluding carboxylic acids is 1. The van der Waals surface area contributed by atoms with E-state index >= 15 is 0 Å². The highest BCUT2D eigenvalue weighted by Gasteiger charge is 2.28. The largest absolute Gasteiger partial charge is 0.345 e. The zero-order valence-corrected chi connectivity index (χ0v) is 12.0. The first-order valence-corrected chi connectivity index (χ1v) is 6.49. The molecular weight excluding hydrogens is 294 g/mol. The van der Waals surface area contributed by atoms with E-state index in [9.17, 15) is 4.79 Å². The average molecular weight is 310 g/mol. The number of halogens is 1. The van der Waals surface area contributed by atoms with Gasteiger partial charge in [-0.2, -0.15) is 0 Å². The number of hydrogen-bond acceptors (Lipinski definition) is 2. The Morgan fingerprint density at radius 1 is 1.44 bits per heavy atom. The lowest BCUT2D eigenvalue weighted by molar-refractivity contribution is -0.130. The van der Waals surface area contributed by atoms with E-state index in [1.54, 1.807) is 0 Å². The summed E-state index contributed by atoms with van der Waals surface area (Å²) in [5.41, 5.74) is 2.76. The molecule has 0 fully saturated rings. The van der Waals surface area contributed by atoms with Crippen LogP contribution in [-0.2, 0) is 11.3 Å². The van der Waals surface area contributed by atoms with Crippen molar-refractivity contribution in [1.82, 2.24) is 9.99 Å². The van der Waals surface area contributed by atoms with Crippen LogP contribution in [0.5, 0.6) is 0 Å². The maximum atomic E-state index is 11.7. The Kier molecular flexibility index (Phi) is 3.45. The maximum absolute atomic E-state index is 11.7. The molecule has 18 heavy (non-hydrogen) atoms. The molecule has 96 valence electrons. The monoisotopic (exact) mass is 309 g/mol. The van der Waals surface area contributed by atoms with E-state index in [-0.39, 0.29) is 5.91 Å². The minimum absolute atomic E-state index is 0.170. The highest BCUT2D eigenvalue weighted by atomic mass is 79.9. The molecule has 0 aliphatic carbocycles. The number of aromatic nitrogens is 1. The Bertz CT molecular complexity index is 589. The third-order valence-corrected chi connectivity index (χ3v) is 3.68. The Hall–Kier alpha value is -1.33. The Morgan fingerprint density at radius 3 is 2.78 bits per heavy atom. The van der Waals surface area contributed by atoms with Crippen LogP contribution in [0.25, 0.3) is 10.9 Å². The molecule has 0 atom stereocenters. The van der Waals surface area contributed by atoms with Gasteiger partial charge in [0.15, 0.2) is 0 Å². The highest BCUT2D eigenvalue weighted by molar-refractivity contribution is 9.10. The summed E-state index contributed by atoms with van der Waals surface area (Å²) in [7, 11) is 0. The maximum Gasteiger partial charge on any atom is 0.241 e. The normalized spacial score (nSPS) is 11.8. The first kappa shape index (κ1) is 13.1. The van der Waals surface area contributed by atoms with Crippen molar-refractivity contribution < 1.29 is 4.79 Å². The topological polar surface area (TPSA) is 60.0 Å². The van der Waals surface area contributed by atoms with Crippen LogP contribution in [0, 0.1) is 5.41 Å². The molecule has 1 aromatic heterocycles. The lowest BCUT2D eigenvalue weighted by Crippen LogP contribution is -2.43. The lowest BCUT2D eigenvalue weighted by atomic mass is 9.92. The van der Waals surface area contributed by atoms with Gasteiger partial charge < -0.3 is 4.57 Å². The summed E-state index contributed by atoms with van der Waals surface area (Å²) >= 11 is 3.53. The third-order valence-electron chi connectivity index (χ3n) is 3.05.